The van der Waals surface area contributed by atoms with E-state index in [4.69, 9.17) is 0 Å². The number of hydrogen-bond donors (Lipinski definition) is 1. The van der Waals surface area contributed by atoms with Gasteiger partial charge in [0.2, 0.25) is 0 Å². The topological polar surface area (TPSA) is 55.0 Å². The van der Waals surface area contributed by atoms with E-state index >= 15 is 0 Å². The lowest BCUT2D eigenvalue weighted by Crippen LogP contribution is -2.17. The fraction of sp³-hybridized carbons (Fsp3) is 0.429. The van der Waals surface area contributed by atoms with Gasteiger partial charge in [-0.2, -0.15) is 5.10 Å². The Balaban J connectivity index is 0.000000224. The van der Waals surface area contributed by atoms with Crippen molar-refractivity contribution in [2.24, 2.45) is 0 Å². The summed E-state index contributed by atoms with van der Waals surface area (Å²) in [4.78, 5) is 9.60. The van der Waals surface area contributed by atoms with Crippen LogP contribution in [0.4, 0.5) is 0 Å². The Morgan fingerprint density at radius 3 is 2.58 bits per heavy atom. The second-order valence-corrected chi connectivity index (χ2v) is 5.77. The molecule has 0 atom stereocenters. The molecule has 4 nitrogen and oxygen atoms in total. The van der Waals surface area contributed by atoms with E-state index in [1.165, 1.54) is 5.39 Å². The number of benzene rings is 1. The zero-order chi connectivity index (χ0) is 14.3. The first-order valence-corrected chi connectivity index (χ1v) is 7.19. The molecule has 0 spiro atoms. The summed E-state index contributed by atoms with van der Waals surface area (Å²) in [5.41, 5.74) is 1.94. The van der Waals surface area contributed by atoms with Gasteiger partial charge >= 0.3 is 0 Å². The first kappa shape index (κ1) is 15.7. The van der Waals surface area contributed by atoms with Crippen LogP contribution in [-0.2, 0) is 16.0 Å². The minimum absolute atomic E-state index is 0.318. The van der Waals surface area contributed by atoms with Crippen molar-refractivity contribution in [2.75, 3.05) is 5.33 Å². The molecule has 1 N–H and O–H groups in total. The number of carbonyl (C=O) groups is 1. The molecule has 2 rings (SSSR count). The minimum atomic E-state index is -0.318. The van der Waals surface area contributed by atoms with Gasteiger partial charge in [0, 0.05) is 17.1 Å². The highest BCUT2D eigenvalue weighted by molar-refractivity contribution is 9.09. The number of hydrogen-bond acceptors (Lipinski definition) is 3. The van der Waals surface area contributed by atoms with Crippen LogP contribution in [0.15, 0.2) is 24.3 Å². The van der Waals surface area contributed by atoms with E-state index in [1.54, 1.807) is 0 Å². The lowest BCUT2D eigenvalue weighted by Gasteiger charge is -2.14. The van der Waals surface area contributed by atoms with Gasteiger partial charge in [0.05, 0.1) is 11.2 Å². The van der Waals surface area contributed by atoms with Gasteiger partial charge in [0.25, 0.3) is 6.47 Å². The van der Waals surface area contributed by atoms with Crippen LogP contribution in [0.2, 0.25) is 0 Å². The number of carbonyl (C=O) groups excluding carboxylic acids is 1. The summed E-state index contributed by atoms with van der Waals surface area (Å²) < 4.78 is 4.55. The number of fused-ring (bicyclic) bond motifs is 1. The normalized spacial score (nSPS) is 10.7. The van der Waals surface area contributed by atoms with Crippen molar-refractivity contribution in [1.82, 2.24) is 10.2 Å². The van der Waals surface area contributed by atoms with Crippen molar-refractivity contribution in [3.05, 3.63) is 30.0 Å². The number of para-hydroxylation sites is 1. The Morgan fingerprint density at radius 2 is 2.05 bits per heavy atom. The van der Waals surface area contributed by atoms with E-state index < -0.39 is 0 Å². The van der Waals surface area contributed by atoms with Crippen molar-refractivity contribution < 1.29 is 9.53 Å². The highest BCUT2D eigenvalue weighted by atomic mass is 79.9. The van der Waals surface area contributed by atoms with Gasteiger partial charge in [0.1, 0.15) is 5.60 Å². The number of halogens is 1. The summed E-state index contributed by atoms with van der Waals surface area (Å²) in [5.74, 6) is 0. The maximum atomic E-state index is 9.60. The van der Waals surface area contributed by atoms with Crippen molar-refractivity contribution >= 4 is 33.3 Å². The highest BCUT2D eigenvalue weighted by Crippen LogP contribution is 2.15. The molecule has 1 aromatic heterocycles. The summed E-state index contributed by atoms with van der Waals surface area (Å²) in [7, 11) is 0. The molecular formula is C14H19BrN2O2. The predicted molar refractivity (Wildman–Crippen MR) is 80.5 cm³/mol. The van der Waals surface area contributed by atoms with Gasteiger partial charge in [-0.15, -0.1) is 0 Å². The summed E-state index contributed by atoms with van der Waals surface area (Å²) >= 11 is 3.40. The summed E-state index contributed by atoms with van der Waals surface area (Å²) in [6, 6.07) is 8.19. The Hall–Kier alpha value is -1.36. The molecule has 0 saturated carbocycles. The van der Waals surface area contributed by atoms with Gasteiger partial charge in [-0.25, -0.2) is 0 Å². The maximum absolute atomic E-state index is 9.60. The Labute approximate surface area is 121 Å². The van der Waals surface area contributed by atoms with E-state index in [1.807, 2.05) is 39.0 Å². The van der Waals surface area contributed by atoms with Crippen LogP contribution in [0.25, 0.3) is 10.9 Å². The minimum Gasteiger partial charge on any atom is -0.462 e. The number of rotatable bonds is 3. The second-order valence-electron chi connectivity index (χ2n) is 4.98. The largest absolute Gasteiger partial charge is 0.462 e. The smallest absolute Gasteiger partial charge is 0.293 e. The number of aryl methyl sites for hydroxylation is 1. The van der Waals surface area contributed by atoms with Crippen LogP contribution in [0.3, 0.4) is 0 Å². The molecule has 0 amide bonds. The highest BCUT2D eigenvalue weighted by Gasteiger charge is 2.07. The molecule has 1 aromatic carbocycles. The van der Waals surface area contributed by atoms with Crippen LogP contribution in [0.1, 0.15) is 26.5 Å². The fourth-order valence-corrected chi connectivity index (χ4v) is 1.82. The third-order valence-electron chi connectivity index (χ3n) is 2.28. The van der Waals surface area contributed by atoms with E-state index in [9.17, 15) is 4.79 Å². The Morgan fingerprint density at radius 1 is 1.37 bits per heavy atom. The monoisotopic (exact) mass is 326 g/mol. The van der Waals surface area contributed by atoms with Gasteiger partial charge in [0.15, 0.2) is 0 Å². The Bertz CT molecular complexity index is 517. The number of aromatic nitrogens is 2. The van der Waals surface area contributed by atoms with Gasteiger partial charge in [-0.1, -0.05) is 34.1 Å². The maximum Gasteiger partial charge on any atom is 0.293 e. The van der Waals surface area contributed by atoms with Crippen molar-refractivity contribution in [3.8, 4) is 0 Å². The molecule has 5 heteroatoms. The third-order valence-corrected chi connectivity index (χ3v) is 2.68. The molecule has 0 fully saturated rings. The number of nitrogens with zero attached hydrogens (tertiary/aromatic N) is 1. The summed E-state index contributed by atoms with van der Waals surface area (Å²) in [5, 5.41) is 9.43. The zero-order valence-corrected chi connectivity index (χ0v) is 13.0. The number of nitrogens with one attached hydrogen (secondary N) is 1. The number of aromatic amines is 1. The lowest BCUT2D eigenvalue weighted by molar-refractivity contribution is -0.138. The molecule has 0 aliphatic carbocycles. The van der Waals surface area contributed by atoms with E-state index in [2.05, 4.69) is 36.9 Å². The van der Waals surface area contributed by atoms with Crippen LogP contribution in [0, 0.1) is 0 Å². The molecule has 0 radical (unpaired) electrons. The number of alkyl halides is 1. The molecular weight excluding hydrogens is 308 g/mol. The Kier molecular flexibility index (Phi) is 6.02. The average molecular weight is 327 g/mol. The number of H-pyrrole nitrogens is 1. The van der Waals surface area contributed by atoms with Gasteiger partial charge in [-0.05, 0) is 26.8 Å². The van der Waals surface area contributed by atoms with Gasteiger partial charge < -0.3 is 4.74 Å². The van der Waals surface area contributed by atoms with Crippen molar-refractivity contribution in [1.29, 1.82) is 0 Å². The SMILES string of the molecule is BrCCc1n[nH]c2ccccc12.CC(C)(C)OC=O. The van der Waals surface area contributed by atoms with E-state index in [0.717, 1.165) is 23.0 Å². The van der Waals surface area contributed by atoms with Crippen LogP contribution in [0.5, 0.6) is 0 Å². The molecule has 2 aromatic rings. The van der Waals surface area contributed by atoms with Crippen LogP contribution < -0.4 is 0 Å². The van der Waals surface area contributed by atoms with Crippen LogP contribution in [-0.4, -0.2) is 27.6 Å². The zero-order valence-electron chi connectivity index (χ0n) is 11.4. The molecule has 0 aliphatic rings. The van der Waals surface area contributed by atoms with E-state index in [0.29, 0.717) is 6.47 Å². The fourth-order valence-electron chi connectivity index (χ4n) is 1.44. The van der Waals surface area contributed by atoms with Crippen molar-refractivity contribution in [2.45, 2.75) is 32.8 Å². The first-order chi connectivity index (χ1) is 8.98. The quantitative estimate of drug-likeness (QED) is 0.694. The molecule has 1 heterocycles. The molecule has 0 aliphatic heterocycles. The molecule has 104 valence electrons. The number of ether oxygens (including phenoxy) is 1. The standard InChI is InChI=1S/C9H9BrN2.C5H10O2/c10-6-5-9-7-3-1-2-4-8(7)11-12-9;1-5(2,3)7-4-6/h1-4H,5-6H2,(H,11,12);4H,1-3H3. The van der Waals surface area contributed by atoms with E-state index in [-0.39, 0.29) is 5.60 Å². The second kappa shape index (κ2) is 7.28. The predicted octanol–water partition coefficient (Wildman–Crippen LogP) is 3.46. The summed E-state index contributed by atoms with van der Waals surface area (Å²) in [6.45, 7) is 5.92. The molecule has 19 heavy (non-hydrogen) atoms. The first-order valence-electron chi connectivity index (χ1n) is 6.07. The van der Waals surface area contributed by atoms with Crippen LogP contribution >= 0.6 is 15.9 Å². The van der Waals surface area contributed by atoms with Crippen molar-refractivity contribution in [3.63, 3.8) is 0 Å². The molecule has 0 unspecified atom stereocenters. The molecule has 0 saturated heterocycles. The molecule has 0 bridgehead atoms. The summed E-state index contributed by atoms with van der Waals surface area (Å²) in [6.07, 6.45) is 0.976. The van der Waals surface area contributed by atoms with Gasteiger partial charge in [-0.3, -0.25) is 9.89 Å². The third kappa shape index (κ3) is 5.42. The average Bonchev–Trinajstić information content (AvgIpc) is 2.73. The lowest BCUT2D eigenvalue weighted by atomic mass is 10.2.